The summed E-state index contributed by atoms with van der Waals surface area (Å²) in [5, 5.41) is 12.9. The van der Waals surface area contributed by atoms with Crippen LogP contribution in [-0.2, 0) is 4.79 Å². The van der Waals surface area contributed by atoms with Gasteiger partial charge in [0.1, 0.15) is 5.75 Å². The number of aromatic nitrogens is 1. The van der Waals surface area contributed by atoms with Crippen molar-refractivity contribution in [2.75, 3.05) is 32.5 Å². The number of carbonyl (C=O) groups is 2. The lowest BCUT2D eigenvalue weighted by Gasteiger charge is -2.36. The molecule has 0 bridgehead atoms. The lowest BCUT2D eigenvalue weighted by molar-refractivity contribution is -0.146. The summed E-state index contributed by atoms with van der Waals surface area (Å²) in [4.78, 5) is 31.8. The van der Waals surface area contributed by atoms with E-state index >= 15 is 0 Å². The van der Waals surface area contributed by atoms with Crippen molar-refractivity contribution in [1.29, 1.82) is 0 Å². The van der Waals surface area contributed by atoms with Crippen LogP contribution in [0.25, 0.3) is 10.9 Å². The summed E-state index contributed by atoms with van der Waals surface area (Å²) >= 11 is 9.90. The number of carbonyl (C=O) groups excluding carboxylic acids is 1. The van der Waals surface area contributed by atoms with Gasteiger partial charge in [-0.2, -0.15) is 0 Å². The Morgan fingerprint density at radius 2 is 2.21 bits per heavy atom. The van der Waals surface area contributed by atoms with Gasteiger partial charge in [-0.05, 0) is 54.9 Å². The van der Waals surface area contributed by atoms with Crippen LogP contribution in [-0.4, -0.2) is 59.2 Å². The summed E-state index contributed by atoms with van der Waals surface area (Å²) in [6.45, 7) is 2.23. The Morgan fingerprint density at radius 3 is 2.94 bits per heavy atom. The molecule has 34 heavy (non-hydrogen) atoms. The Bertz CT molecular complexity index is 1160. The fraction of sp³-hybridized carbons (Fsp3) is 0.400. The third-order valence-electron chi connectivity index (χ3n) is 6.35. The van der Waals surface area contributed by atoms with Crippen molar-refractivity contribution in [3.8, 4) is 5.75 Å². The molecule has 1 N–H and O–H groups in total. The molecule has 1 fully saturated rings. The third kappa shape index (κ3) is 5.92. The van der Waals surface area contributed by atoms with Crippen LogP contribution in [0.1, 0.15) is 29.6 Å². The highest BCUT2D eigenvalue weighted by atomic mass is 35.5. The van der Waals surface area contributed by atoms with Gasteiger partial charge in [0.2, 0.25) is 0 Å². The molecule has 1 aromatic carbocycles. The maximum absolute atomic E-state index is 13.2. The number of hydrogen-bond donors (Lipinski definition) is 1. The zero-order chi connectivity index (χ0) is 24.1. The number of halogens is 1. The number of benzene rings is 1. The van der Waals surface area contributed by atoms with Crippen molar-refractivity contribution in [3.63, 3.8) is 0 Å². The van der Waals surface area contributed by atoms with Crippen molar-refractivity contribution in [2.24, 2.45) is 11.8 Å². The Balaban J connectivity index is 1.38. The fourth-order valence-corrected chi connectivity index (χ4v) is 6.64. The molecule has 0 radical (unpaired) electrons. The lowest BCUT2D eigenvalue weighted by atomic mass is 9.81. The number of aliphatic carboxylic acids is 1. The van der Waals surface area contributed by atoms with E-state index in [-0.39, 0.29) is 18.1 Å². The zero-order valence-electron chi connectivity index (χ0n) is 18.9. The van der Waals surface area contributed by atoms with Crippen LogP contribution < -0.4 is 4.74 Å². The number of likely N-dealkylation sites (tertiary alicyclic amines) is 1. The number of pyridine rings is 1. The third-order valence-corrected chi connectivity index (χ3v) is 8.75. The van der Waals surface area contributed by atoms with Gasteiger partial charge in [0, 0.05) is 42.4 Å². The van der Waals surface area contributed by atoms with E-state index in [1.807, 2.05) is 6.07 Å². The van der Waals surface area contributed by atoms with Crippen molar-refractivity contribution in [1.82, 2.24) is 9.88 Å². The highest BCUT2D eigenvalue weighted by molar-refractivity contribution is 8.01. The number of carboxylic acid groups (broad SMARTS) is 1. The summed E-state index contributed by atoms with van der Waals surface area (Å²) in [6.07, 6.45) is 3.04. The first-order valence-electron chi connectivity index (χ1n) is 11.2. The average Bonchev–Trinajstić information content (AvgIpc) is 3.36. The van der Waals surface area contributed by atoms with Gasteiger partial charge < -0.3 is 14.7 Å². The standard InChI is InChI=1S/C25H27ClN2O4S2/c1-32-17-5-6-21-18(13-17)24(20(26)14-27-21)22(29)7-4-16-8-9-28(15-19(16)25(30)31)10-12-34-23-3-2-11-33-23/h2-3,5-6,11,13-14,16,19H,4,7-10,12,15H2,1H3,(H,30,31). The van der Waals surface area contributed by atoms with E-state index in [0.29, 0.717) is 40.2 Å². The fourth-order valence-electron chi connectivity index (χ4n) is 4.52. The molecule has 3 aromatic rings. The van der Waals surface area contributed by atoms with Gasteiger partial charge in [0.15, 0.2) is 5.78 Å². The highest BCUT2D eigenvalue weighted by Gasteiger charge is 2.34. The summed E-state index contributed by atoms with van der Waals surface area (Å²) in [6, 6.07) is 9.51. The minimum Gasteiger partial charge on any atom is -0.497 e. The molecule has 0 spiro atoms. The van der Waals surface area contributed by atoms with Gasteiger partial charge in [-0.3, -0.25) is 14.6 Å². The molecule has 1 aliphatic heterocycles. The van der Waals surface area contributed by atoms with Crippen LogP contribution in [0.2, 0.25) is 5.02 Å². The van der Waals surface area contributed by atoms with E-state index < -0.39 is 11.9 Å². The molecular weight excluding hydrogens is 492 g/mol. The number of hydrogen-bond acceptors (Lipinski definition) is 7. The minimum absolute atomic E-state index is 0.0379. The number of carboxylic acids is 1. The highest BCUT2D eigenvalue weighted by Crippen LogP contribution is 2.33. The number of piperidine rings is 1. The van der Waals surface area contributed by atoms with Gasteiger partial charge >= 0.3 is 5.97 Å². The molecule has 3 heterocycles. The molecule has 4 rings (SSSR count). The van der Waals surface area contributed by atoms with E-state index in [9.17, 15) is 14.7 Å². The first-order chi connectivity index (χ1) is 16.5. The Labute approximate surface area is 212 Å². The van der Waals surface area contributed by atoms with Gasteiger partial charge in [-0.15, -0.1) is 23.1 Å². The summed E-state index contributed by atoms with van der Waals surface area (Å²) in [7, 11) is 1.57. The quantitative estimate of drug-likeness (QED) is 0.271. The number of thioether (sulfide) groups is 1. The second kappa shape index (κ2) is 11.5. The average molecular weight is 519 g/mol. The topological polar surface area (TPSA) is 79.7 Å². The smallest absolute Gasteiger partial charge is 0.308 e. The summed E-state index contributed by atoms with van der Waals surface area (Å²) < 4.78 is 6.58. The van der Waals surface area contributed by atoms with E-state index in [0.717, 1.165) is 25.3 Å². The second-order valence-corrected chi connectivity index (χ2v) is 11.2. The first kappa shape index (κ1) is 25.0. The van der Waals surface area contributed by atoms with Gasteiger partial charge in [-0.25, -0.2) is 0 Å². The molecule has 2 atom stereocenters. The Hall–Kier alpha value is -2.13. The number of ketones is 1. The van der Waals surface area contributed by atoms with Crippen LogP contribution in [0.5, 0.6) is 5.75 Å². The van der Waals surface area contributed by atoms with Crippen LogP contribution >= 0.6 is 34.7 Å². The molecule has 0 aliphatic carbocycles. The normalized spacial score (nSPS) is 18.8. The Morgan fingerprint density at radius 1 is 1.35 bits per heavy atom. The molecule has 180 valence electrons. The number of methoxy groups -OCH3 is 1. The molecule has 2 unspecified atom stereocenters. The maximum Gasteiger partial charge on any atom is 0.308 e. The molecule has 1 aliphatic rings. The van der Waals surface area contributed by atoms with Crippen molar-refractivity contribution < 1.29 is 19.4 Å². The van der Waals surface area contributed by atoms with Crippen LogP contribution in [0.4, 0.5) is 0 Å². The summed E-state index contributed by atoms with van der Waals surface area (Å²) in [5.41, 5.74) is 1.10. The largest absolute Gasteiger partial charge is 0.497 e. The van der Waals surface area contributed by atoms with Crippen LogP contribution in [0, 0.1) is 11.8 Å². The number of nitrogens with zero attached hydrogens (tertiary/aromatic N) is 2. The number of thiophene rings is 1. The van der Waals surface area contributed by atoms with Gasteiger partial charge in [0.25, 0.3) is 0 Å². The lowest BCUT2D eigenvalue weighted by Crippen LogP contribution is -2.44. The minimum atomic E-state index is -0.787. The zero-order valence-corrected chi connectivity index (χ0v) is 21.3. The Kier molecular flexibility index (Phi) is 8.47. The van der Waals surface area contributed by atoms with Crippen molar-refractivity contribution in [3.05, 3.63) is 52.5 Å². The van der Waals surface area contributed by atoms with Crippen LogP contribution in [0.15, 0.2) is 46.1 Å². The maximum atomic E-state index is 13.2. The van der Waals surface area contributed by atoms with Gasteiger partial charge in [-0.1, -0.05) is 17.7 Å². The van der Waals surface area contributed by atoms with E-state index in [2.05, 4.69) is 21.3 Å². The summed E-state index contributed by atoms with van der Waals surface area (Å²) in [5.74, 6) is 0.172. The molecular formula is C25H27ClN2O4S2. The van der Waals surface area contributed by atoms with E-state index in [1.165, 1.54) is 10.4 Å². The molecule has 9 heteroatoms. The van der Waals surface area contributed by atoms with E-state index in [1.54, 1.807) is 48.4 Å². The molecule has 0 amide bonds. The number of ether oxygens (including phenoxy) is 1. The second-order valence-electron chi connectivity index (χ2n) is 8.40. The van der Waals surface area contributed by atoms with Gasteiger partial charge in [0.05, 0.1) is 27.8 Å². The first-order valence-corrected chi connectivity index (χ1v) is 13.5. The predicted octanol–water partition coefficient (Wildman–Crippen LogP) is 5.74. The van der Waals surface area contributed by atoms with Crippen LogP contribution in [0.3, 0.4) is 0 Å². The van der Waals surface area contributed by atoms with E-state index in [4.69, 9.17) is 16.3 Å². The van der Waals surface area contributed by atoms with Crippen molar-refractivity contribution in [2.45, 2.75) is 23.5 Å². The molecule has 0 saturated carbocycles. The molecule has 6 nitrogen and oxygen atoms in total. The number of Topliss-reactive ketones (excluding diaryl/α,β-unsaturated/α-hetero) is 1. The monoisotopic (exact) mass is 518 g/mol. The SMILES string of the molecule is COc1ccc2ncc(Cl)c(C(=O)CCC3CCN(CCSc4cccs4)CC3C(=O)O)c2c1. The van der Waals surface area contributed by atoms with Crippen molar-refractivity contribution >= 4 is 57.4 Å². The number of fused-ring (bicyclic) bond motifs is 1. The molecule has 1 saturated heterocycles. The number of rotatable bonds is 10. The predicted molar refractivity (Wildman–Crippen MR) is 138 cm³/mol. The molecule has 2 aromatic heterocycles.